The van der Waals surface area contributed by atoms with Gasteiger partial charge in [0.05, 0.1) is 5.69 Å². The lowest BCUT2D eigenvalue weighted by Crippen LogP contribution is -2.41. The van der Waals surface area contributed by atoms with Crippen LogP contribution in [0.2, 0.25) is 0 Å². The highest BCUT2D eigenvalue weighted by Crippen LogP contribution is 2.27. The molecule has 1 amide bonds. The highest BCUT2D eigenvalue weighted by molar-refractivity contribution is 5.68. The van der Waals surface area contributed by atoms with E-state index in [0.717, 1.165) is 55.6 Å². The average Bonchev–Trinajstić information content (AvgIpc) is 3.08. The summed E-state index contributed by atoms with van der Waals surface area (Å²) in [5.41, 5.74) is 2.59. The van der Waals surface area contributed by atoms with E-state index in [4.69, 9.17) is 9.26 Å². The number of carbonyl (C=O) groups excluding carboxylic acids is 1. The number of amides is 1. The molecule has 1 fully saturated rings. The van der Waals surface area contributed by atoms with E-state index in [9.17, 15) is 4.79 Å². The lowest BCUT2D eigenvalue weighted by atomic mass is 9.91. The number of carbonyl (C=O) groups is 1. The van der Waals surface area contributed by atoms with Gasteiger partial charge in [-0.2, -0.15) is 0 Å². The Morgan fingerprint density at radius 2 is 2.12 bits per heavy atom. The first-order chi connectivity index (χ1) is 12.4. The van der Waals surface area contributed by atoms with E-state index in [1.54, 1.807) is 12.5 Å². The van der Waals surface area contributed by atoms with Crippen molar-refractivity contribution in [1.82, 2.24) is 15.0 Å². The molecular weight excluding hydrogens is 330 g/mol. The van der Waals surface area contributed by atoms with Gasteiger partial charge in [0.25, 0.3) is 0 Å². The summed E-state index contributed by atoms with van der Waals surface area (Å²) in [7, 11) is 0. The number of hydrogen-bond donors (Lipinski definition) is 0. The highest BCUT2D eigenvalue weighted by atomic mass is 16.6. The number of nitrogens with zero attached hydrogens (tertiary/aromatic N) is 3. The Morgan fingerprint density at radius 3 is 2.77 bits per heavy atom. The number of aromatic nitrogens is 2. The molecule has 1 aliphatic rings. The van der Waals surface area contributed by atoms with E-state index in [1.165, 1.54) is 0 Å². The molecule has 0 unspecified atom stereocenters. The van der Waals surface area contributed by atoms with Gasteiger partial charge in [-0.3, -0.25) is 4.98 Å². The van der Waals surface area contributed by atoms with E-state index in [0.29, 0.717) is 5.92 Å². The van der Waals surface area contributed by atoms with Crippen molar-refractivity contribution in [3.8, 4) is 11.1 Å². The third-order valence-corrected chi connectivity index (χ3v) is 4.67. The van der Waals surface area contributed by atoms with E-state index in [2.05, 4.69) is 10.1 Å². The molecule has 0 aliphatic carbocycles. The summed E-state index contributed by atoms with van der Waals surface area (Å²) in [5, 5.41) is 4.17. The van der Waals surface area contributed by atoms with Crippen LogP contribution in [0.15, 0.2) is 35.3 Å². The predicted molar refractivity (Wildman–Crippen MR) is 98.6 cm³/mol. The quantitative estimate of drug-likeness (QED) is 0.815. The monoisotopic (exact) mass is 357 g/mol. The van der Waals surface area contributed by atoms with Gasteiger partial charge < -0.3 is 14.2 Å². The number of hydrogen-bond acceptors (Lipinski definition) is 5. The number of pyridine rings is 1. The van der Waals surface area contributed by atoms with Crippen LogP contribution in [0.3, 0.4) is 0 Å². The molecule has 2 aromatic rings. The summed E-state index contributed by atoms with van der Waals surface area (Å²) in [6, 6.07) is 3.93. The molecule has 0 N–H and O–H groups in total. The van der Waals surface area contributed by atoms with Crippen molar-refractivity contribution in [1.29, 1.82) is 0 Å². The number of ether oxygens (including phenoxy) is 1. The van der Waals surface area contributed by atoms with E-state index in [1.807, 2.05) is 44.0 Å². The van der Waals surface area contributed by atoms with Crippen LogP contribution in [0, 0.1) is 5.92 Å². The van der Waals surface area contributed by atoms with Crippen molar-refractivity contribution >= 4 is 6.09 Å². The fourth-order valence-corrected chi connectivity index (χ4v) is 3.27. The highest BCUT2D eigenvalue weighted by Gasteiger charge is 2.27. The minimum absolute atomic E-state index is 0.202. The number of piperidine rings is 1. The van der Waals surface area contributed by atoms with E-state index < -0.39 is 5.60 Å². The van der Waals surface area contributed by atoms with Crippen LogP contribution in [0.1, 0.15) is 45.7 Å². The molecular formula is C20H27N3O3. The number of rotatable bonds is 4. The van der Waals surface area contributed by atoms with Crippen molar-refractivity contribution < 1.29 is 14.1 Å². The normalized spacial score (nSPS) is 15.9. The Labute approximate surface area is 154 Å². The molecule has 3 heterocycles. The molecule has 6 heteroatoms. The second-order valence-corrected chi connectivity index (χ2v) is 7.87. The Hall–Kier alpha value is -2.37. The zero-order chi connectivity index (χ0) is 18.6. The number of likely N-dealkylation sites (tertiary alicyclic amines) is 1. The van der Waals surface area contributed by atoms with Crippen molar-refractivity contribution in [2.75, 3.05) is 13.1 Å². The molecule has 6 nitrogen and oxygen atoms in total. The lowest BCUT2D eigenvalue weighted by Gasteiger charge is -2.33. The smallest absolute Gasteiger partial charge is 0.410 e. The van der Waals surface area contributed by atoms with Gasteiger partial charge in [0.15, 0.2) is 0 Å². The van der Waals surface area contributed by atoms with Crippen molar-refractivity contribution in [3.63, 3.8) is 0 Å². The standard InChI is InChI=1S/C20H27N3O3/c1-20(2,3)26-19(24)23-11-8-15(9-12-23)6-7-18-17(14-25-22-18)16-5-4-10-21-13-16/h4-5,10,13-15H,6-9,11-12H2,1-3H3. The van der Waals surface area contributed by atoms with Gasteiger partial charge in [0, 0.05) is 36.6 Å². The molecule has 0 atom stereocenters. The Kier molecular flexibility index (Phi) is 5.59. The molecule has 1 aliphatic heterocycles. The van der Waals surface area contributed by atoms with Gasteiger partial charge in [-0.1, -0.05) is 11.2 Å². The maximum absolute atomic E-state index is 12.1. The van der Waals surface area contributed by atoms with E-state index >= 15 is 0 Å². The maximum atomic E-state index is 12.1. The van der Waals surface area contributed by atoms with Gasteiger partial charge >= 0.3 is 6.09 Å². The summed E-state index contributed by atoms with van der Waals surface area (Å²) >= 11 is 0. The first-order valence-corrected chi connectivity index (χ1v) is 9.24. The van der Waals surface area contributed by atoms with Crippen LogP contribution >= 0.6 is 0 Å². The fourth-order valence-electron chi connectivity index (χ4n) is 3.27. The van der Waals surface area contributed by atoms with Crippen LogP contribution in [0.25, 0.3) is 11.1 Å². The van der Waals surface area contributed by atoms with Gasteiger partial charge in [0.1, 0.15) is 11.9 Å². The molecule has 140 valence electrons. The van der Waals surface area contributed by atoms with Gasteiger partial charge in [-0.25, -0.2) is 4.79 Å². The molecule has 0 radical (unpaired) electrons. The molecule has 26 heavy (non-hydrogen) atoms. The van der Waals surface area contributed by atoms with Crippen LogP contribution in [-0.2, 0) is 11.2 Å². The third-order valence-electron chi connectivity index (χ3n) is 4.67. The SMILES string of the molecule is CC(C)(C)OC(=O)N1CCC(CCc2nocc2-c2cccnc2)CC1. The molecule has 0 aromatic carbocycles. The topological polar surface area (TPSA) is 68.5 Å². The summed E-state index contributed by atoms with van der Waals surface area (Å²) in [5.74, 6) is 0.590. The Balaban J connectivity index is 1.49. The number of aryl methyl sites for hydroxylation is 1. The van der Waals surface area contributed by atoms with Gasteiger partial charge in [0.2, 0.25) is 0 Å². The zero-order valence-corrected chi connectivity index (χ0v) is 15.8. The molecule has 2 aromatic heterocycles. The summed E-state index contributed by atoms with van der Waals surface area (Å²) < 4.78 is 10.6. The molecule has 0 bridgehead atoms. The summed E-state index contributed by atoms with van der Waals surface area (Å²) in [4.78, 5) is 18.1. The first kappa shape index (κ1) is 18.4. The van der Waals surface area contributed by atoms with Gasteiger partial charge in [-0.15, -0.1) is 0 Å². The fraction of sp³-hybridized carbons (Fsp3) is 0.550. The van der Waals surface area contributed by atoms with Crippen LogP contribution in [0.5, 0.6) is 0 Å². The zero-order valence-electron chi connectivity index (χ0n) is 15.8. The molecule has 0 spiro atoms. The van der Waals surface area contributed by atoms with E-state index in [-0.39, 0.29) is 6.09 Å². The maximum Gasteiger partial charge on any atom is 0.410 e. The average molecular weight is 357 g/mol. The Bertz CT molecular complexity index is 713. The first-order valence-electron chi connectivity index (χ1n) is 9.24. The molecule has 0 saturated carbocycles. The Morgan fingerprint density at radius 1 is 1.35 bits per heavy atom. The van der Waals surface area contributed by atoms with Gasteiger partial charge in [-0.05, 0) is 58.4 Å². The van der Waals surface area contributed by atoms with Crippen LogP contribution in [0.4, 0.5) is 4.79 Å². The minimum atomic E-state index is -0.441. The third kappa shape index (κ3) is 4.84. The minimum Gasteiger partial charge on any atom is -0.444 e. The second-order valence-electron chi connectivity index (χ2n) is 7.87. The lowest BCUT2D eigenvalue weighted by molar-refractivity contribution is 0.0181. The molecule has 3 rings (SSSR count). The van der Waals surface area contributed by atoms with Crippen molar-refractivity contribution in [2.45, 2.75) is 52.1 Å². The summed E-state index contributed by atoms with van der Waals surface area (Å²) in [6.07, 6.45) is 8.99. The van der Waals surface area contributed by atoms with Crippen molar-refractivity contribution in [3.05, 3.63) is 36.5 Å². The van der Waals surface area contributed by atoms with Crippen LogP contribution in [-0.4, -0.2) is 39.8 Å². The largest absolute Gasteiger partial charge is 0.444 e. The second kappa shape index (κ2) is 7.89. The summed E-state index contributed by atoms with van der Waals surface area (Å²) in [6.45, 7) is 7.21. The van der Waals surface area contributed by atoms with Crippen LogP contribution < -0.4 is 0 Å². The molecule has 1 saturated heterocycles. The van der Waals surface area contributed by atoms with Crippen molar-refractivity contribution in [2.24, 2.45) is 5.92 Å². The predicted octanol–water partition coefficient (Wildman–Crippen LogP) is 4.32.